The first-order valence-corrected chi connectivity index (χ1v) is 11.7. The fourth-order valence-corrected chi connectivity index (χ4v) is 4.42. The molecule has 4 rings (SSSR count). The Morgan fingerprint density at radius 3 is 2.49 bits per heavy atom. The van der Waals surface area contributed by atoms with E-state index in [1.165, 1.54) is 24.3 Å². The number of carbonyl (C=O) groups is 2. The molecule has 37 heavy (non-hydrogen) atoms. The number of primary amides is 1. The molecular formula is C26H27F3N4O4. The van der Waals surface area contributed by atoms with Crippen LogP contribution < -0.4 is 15.2 Å². The molecule has 2 atom stereocenters. The second-order valence-corrected chi connectivity index (χ2v) is 9.07. The number of carbonyl (C=O) groups excluding carboxylic acids is 2. The van der Waals surface area contributed by atoms with Crippen LogP contribution in [-0.2, 0) is 18.3 Å². The van der Waals surface area contributed by atoms with Gasteiger partial charge in [0.25, 0.3) is 5.91 Å². The molecule has 8 nitrogen and oxygen atoms in total. The number of likely N-dealkylation sites (tertiary alicyclic amines) is 1. The monoisotopic (exact) mass is 516 g/mol. The Morgan fingerprint density at radius 2 is 1.89 bits per heavy atom. The first-order valence-electron chi connectivity index (χ1n) is 11.7. The maximum absolute atomic E-state index is 12.9. The molecule has 2 amide bonds. The van der Waals surface area contributed by atoms with Crippen LogP contribution in [0.25, 0.3) is 11.3 Å². The van der Waals surface area contributed by atoms with Crippen molar-refractivity contribution in [2.45, 2.75) is 44.7 Å². The van der Waals surface area contributed by atoms with Crippen LogP contribution in [0.1, 0.15) is 35.7 Å². The van der Waals surface area contributed by atoms with Crippen molar-refractivity contribution in [3.05, 3.63) is 66.1 Å². The van der Waals surface area contributed by atoms with Crippen molar-refractivity contribution in [3.63, 3.8) is 0 Å². The van der Waals surface area contributed by atoms with Gasteiger partial charge in [-0.05, 0) is 42.8 Å². The van der Waals surface area contributed by atoms with Gasteiger partial charge in [-0.1, -0.05) is 12.1 Å². The normalized spacial score (nSPS) is 17.9. The van der Waals surface area contributed by atoms with Crippen molar-refractivity contribution in [1.29, 1.82) is 0 Å². The van der Waals surface area contributed by atoms with Crippen molar-refractivity contribution < 1.29 is 32.2 Å². The number of amides is 2. The van der Waals surface area contributed by atoms with Gasteiger partial charge in [0.15, 0.2) is 0 Å². The van der Waals surface area contributed by atoms with Gasteiger partial charge in [0.2, 0.25) is 5.91 Å². The third kappa shape index (κ3) is 6.60. The number of nitrogens with zero attached hydrogens (tertiary/aromatic N) is 3. The second-order valence-electron chi connectivity index (χ2n) is 9.07. The third-order valence-corrected chi connectivity index (χ3v) is 6.20. The van der Waals surface area contributed by atoms with Crippen molar-refractivity contribution in [3.8, 4) is 22.8 Å². The first kappa shape index (κ1) is 26.1. The Hall–Kier alpha value is -4.02. The minimum absolute atomic E-state index is 0.0585. The highest BCUT2D eigenvalue weighted by Crippen LogP contribution is 2.30. The van der Waals surface area contributed by atoms with E-state index < -0.39 is 12.3 Å². The number of piperidine rings is 1. The molecule has 2 unspecified atom stereocenters. The van der Waals surface area contributed by atoms with E-state index in [0.717, 1.165) is 5.56 Å². The van der Waals surface area contributed by atoms with Crippen LogP contribution in [0.5, 0.6) is 11.5 Å². The fraction of sp³-hybridized carbons (Fsp3) is 0.346. The predicted molar refractivity (Wildman–Crippen MR) is 129 cm³/mol. The molecule has 1 saturated heterocycles. The third-order valence-electron chi connectivity index (χ3n) is 6.20. The fourth-order valence-electron chi connectivity index (χ4n) is 4.42. The van der Waals surface area contributed by atoms with E-state index in [4.69, 9.17) is 10.5 Å². The molecule has 0 bridgehead atoms. The topological polar surface area (TPSA) is 99.7 Å². The maximum Gasteiger partial charge on any atom is 0.573 e. The van der Waals surface area contributed by atoms with E-state index in [9.17, 15) is 22.8 Å². The molecule has 3 aromatic rings. The number of ether oxygens (including phenoxy) is 2. The van der Waals surface area contributed by atoms with Crippen molar-refractivity contribution in [2.75, 3.05) is 6.54 Å². The number of alkyl halides is 3. The molecule has 196 valence electrons. The zero-order chi connectivity index (χ0) is 26.7. The number of aryl methyl sites for hydroxylation is 1. The number of halogens is 3. The van der Waals surface area contributed by atoms with Crippen LogP contribution >= 0.6 is 0 Å². The van der Waals surface area contributed by atoms with Gasteiger partial charge in [0, 0.05) is 44.2 Å². The van der Waals surface area contributed by atoms with Gasteiger partial charge in [-0.3, -0.25) is 9.59 Å². The molecule has 1 aromatic heterocycles. The quantitative estimate of drug-likeness (QED) is 0.510. The summed E-state index contributed by atoms with van der Waals surface area (Å²) in [6.07, 6.45) is -0.339. The van der Waals surface area contributed by atoms with Gasteiger partial charge < -0.3 is 24.7 Å². The van der Waals surface area contributed by atoms with Crippen LogP contribution in [-0.4, -0.2) is 51.3 Å². The van der Waals surface area contributed by atoms with Gasteiger partial charge >= 0.3 is 6.36 Å². The Bertz CT molecular complexity index is 1270. The Labute approximate surface area is 211 Å². The highest BCUT2D eigenvalue weighted by Gasteiger charge is 2.32. The smallest absolute Gasteiger partial charge is 0.489 e. The molecule has 1 aliphatic heterocycles. The van der Waals surface area contributed by atoms with E-state index in [1.807, 2.05) is 26.2 Å². The molecule has 1 fully saturated rings. The van der Waals surface area contributed by atoms with Crippen LogP contribution in [0.4, 0.5) is 13.2 Å². The highest BCUT2D eigenvalue weighted by molar-refractivity contribution is 5.97. The molecule has 0 spiro atoms. The van der Waals surface area contributed by atoms with Gasteiger partial charge in [-0.25, -0.2) is 4.98 Å². The number of aromatic nitrogens is 2. The summed E-state index contributed by atoms with van der Waals surface area (Å²) in [6, 6.07) is 10.3. The van der Waals surface area contributed by atoms with Gasteiger partial charge in [-0.2, -0.15) is 0 Å². The largest absolute Gasteiger partial charge is 0.573 e. The van der Waals surface area contributed by atoms with E-state index in [1.54, 1.807) is 27.9 Å². The lowest BCUT2D eigenvalue weighted by molar-refractivity contribution is -0.274. The molecule has 11 heteroatoms. The summed E-state index contributed by atoms with van der Waals surface area (Å²) in [7, 11) is 1.85. The number of hydrogen-bond acceptors (Lipinski definition) is 5. The molecular weight excluding hydrogens is 489 g/mol. The SMILES string of the molecule is CC1CC(Oc2ccc(-c3cn(C)cn3)cc2C(N)=O)CCN1C(=O)Cc1ccc(OC(F)(F)F)cc1. The summed E-state index contributed by atoms with van der Waals surface area (Å²) in [5.74, 6) is -0.697. The van der Waals surface area contributed by atoms with Crippen LogP contribution in [0.15, 0.2) is 55.0 Å². The van der Waals surface area contributed by atoms with Crippen molar-refractivity contribution in [2.24, 2.45) is 12.8 Å². The number of benzene rings is 2. The van der Waals surface area contributed by atoms with Gasteiger partial charge in [0.05, 0.1) is 24.0 Å². The lowest BCUT2D eigenvalue weighted by Gasteiger charge is -2.38. The molecule has 2 aromatic carbocycles. The Morgan fingerprint density at radius 1 is 1.16 bits per heavy atom. The van der Waals surface area contributed by atoms with Gasteiger partial charge in [0.1, 0.15) is 17.6 Å². The lowest BCUT2D eigenvalue weighted by atomic mass is 9.99. The zero-order valence-electron chi connectivity index (χ0n) is 20.4. The van der Waals surface area contributed by atoms with E-state index >= 15 is 0 Å². The number of imidazole rings is 1. The summed E-state index contributed by atoms with van der Waals surface area (Å²) < 4.78 is 48.8. The van der Waals surface area contributed by atoms with E-state index in [0.29, 0.717) is 36.4 Å². The van der Waals surface area contributed by atoms with Crippen molar-refractivity contribution in [1.82, 2.24) is 14.5 Å². The summed E-state index contributed by atoms with van der Waals surface area (Å²) in [4.78, 5) is 31.0. The Kier molecular flexibility index (Phi) is 7.42. The van der Waals surface area contributed by atoms with Gasteiger partial charge in [-0.15, -0.1) is 13.2 Å². The summed E-state index contributed by atoms with van der Waals surface area (Å²) in [5, 5.41) is 0. The molecule has 2 heterocycles. The maximum atomic E-state index is 12.9. The second kappa shape index (κ2) is 10.5. The molecule has 0 saturated carbocycles. The zero-order valence-corrected chi connectivity index (χ0v) is 20.4. The molecule has 2 N–H and O–H groups in total. The minimum Gasteiger partial charge on any atom is -0.489 e. The average molecular weight is 517 g/mol. The molecule has 0 aliphatic carbocycles. The van der Waals surface area contributed by atoms with E-state index in [-0.39, 0.29) is 35.8 Å². The predicted octanol–water partition coefficient (Wildman–Crippen LogP) is 4.09. The molecule has 0 radical (unpaired) electrons. The first-order chi connectivity index (χ1) is 17.5. The number of nitrogens with two attached hydrogens (primary N) is 1. The van der Waals surface area contributed by atoms with Crippen LogP contribution in [0, 0.1) is 0 Å². The Balaban J connectivity index is 1.37. The van der Waals surface area contributed by atoms with Crippen molar-refractivity contribution >= 4 is 11.8 Å². The average Bonchev–Trinajstić information content (AvgIpc) is 3.26. The highest BCUT2D eigenvalue weighted by atomic mass is 19.4. The minimum atomic E-state index is -4.77. The van der Waals surface area contributed by atoms with E-state index in [2.05, 4.69) is 9.72 Å². The summed E-state index contributed by atoms with van der Waals surface area (Å²) in [5.41, 5.74) is 7.91. The molecule has 1 aliphatic rings. The number of rotatable bonds is 7. The van der Waals surface area contributed by atoms with Crippen LogP contribution in [0.2, 0.25) is 0 Å². The van der Waals surface area contributed by atoms with Crippen LogP contribution in [0.3, 0.4) is 0 Å². The number of hydrogen-bond donors (Lipinski definition) is 1. The summed E-state index contributed by atoms with van der Waals surface area (Å²) in [6.45, 7) is 2.35. The lowest BCUT2D eigenvalue weighted by Crippen LogP contribution is -2.48. The summed E-state index contributed by atoms with van der Waals surface area (Å²) >= 11 is 0. The standard InChI is InChI=1S/C26H27F3N4O4/c1-16-11-20(36-23-8-5-18(13-21(23)25(30)35)22-14-32(2)15-31-22)9-10-33(16)24(34)12-17-3-6-19(7-4-17)37-26(27,28)29/h3-8,13-16,20H,9-12H2,1-2H3,(H2,30,35).